The van der Waals surface area contributed by atoms with Gasteiger partial charge in [0.05, 0.1) is 2.88 Å². The molecule has 0 unspecified atom stereocenters. The fourth-order valence-corrected chi connectivity index (χ4v) is 5.28. The van der Waals surface area contributed by atoms with Gasteiger partial charge < -0.3 is 0 Å². The second-order valence-electron chi connectivity index (χ2n) is 3.40. The van der Waals surface area contributed by atoms with Crippen molar-refractivity contribution < 1.29 is 0 Å². The summed E-state index contributed by atoms with van der Waals surface area (Å²) in [5, 5.41) is 0. The number of benzene rings is 1. The summed E-state index contributed by atoms with van der Waals surface area (Å²) >= 11 is 8.47. The Morgan fingerprint density at radius 2 is 1.50 bits per heavy atom. The topological polar surface area (TPSA) is 0 Å². The molecule has 2 aromatic heterocycles. The first-order valence-corrected chi connectivity index (χ1v) is 8.46. The van der Waals surface area contributed by atoms with Crippen molar-refractivity contribution in [3.05, 3.63) is 42.9 Å². The van der Waals surface area contributed by atoms with Crippen molar-refractivity contribution in [3.63, 3.8) is 0 Å². The molecule has 4 heteroatoms. The Morgan fingerprint density at radius 1 is 0.812 bits per heavy atom. The second-order valence-corrected chi connectivity index (χ2v) is 8.70. The van der Waals surface area contributed by atoms with E-state index in [0.717, 1.165) is 0 Å². The summed E-state index contributed by atoms with van der Waals surface area (Å²) in [6, 6.07) is 13.3. The molecule has 3 aromatic rings. The zero-order valence-corrected chi connectivity index (χ0v) is 14.0. The third-order valence-corrected chi connectivity index (χ3v) is 6.13. The number of hydrogen-bond acceptors (Lipinski definition) is 2. The van der Waals surface area contributed by atoms with Crippen LogP contribution in [0, 0.1) is 6.45 Å². The summed E-state index contributed by atoms with van der Waals surface area (Å²) in [6.07, 6.45) is 0. The number of halogens is 2. The number of hydrogen-bond donors (Lipinski definition) is 0. The molecule has 2 heterocycles. The summed E-state index contributed by atoms with van der Waals surface area (Å²) in [4.78, 5) is 1.37. The zero-order chi connectivity index (χ0) is 11.1. The second kappa shape index (κ2) is 4.55. The molecule has 0 spiro atoms. The van der Waals surface area contributed by atoms with Crippen LogP contribution in [0.2, 0.25) is 0 Å². The van der Waals surface area contributed by atoms with Crippen molar-refractivity contribution in [2.75, 3.05) is 0 Å². The molecular weight excluding hydrogens is 462 g/mol. The van der Waals surface area contributed by atoms with Crippen molar-refractivity contribution in [3.8, 4) is 10.4 Å². The van der Waals surface area contributed by atoms with Gasteiger partial charge in [-0.1, -0.05) is 12.1 Å². The highest BCUT2D eigenvalue weighted by Crippen LogP contribution is 2.38. The van der Waals surface area contributed by atoms with E-state index in [1.54, 1.807) is 0 Å². The molecule has 0 aliphatic rings. The average molecular weight is 468 g/mol. The minimum atomic E-state index is 1.29. The van der Waals surface area contributed by atoms with Gasteiger partial charge in [-0.2, -0.15) is 0 Å². The number of thiophene rings is 2. The monoisotopic (exact) mass is 468 g/mol. The molecule has 0 amide bonds. The maximum absolute atomic E-state index is 2.38. The van der Waals surface area contributed by atoms with E-state index < -0.39 is 0 Å². The molecule has 0 nitrogen and oxygen atoms in total. The summed E-state index contributed by atoms with van der Waals surface area (Å²) in [5.41, 5.74) is 1.32. The first kappa shape index (κ1) is 11.4. The van der Waals surface area contributed by atoms with Gasteiger partial charge in [0.15, 0.2) is 0 Å². The van der Waals surface area contributed by atoms with E-state index in [-0.39, 0.29) is 0 Å². The third kappa shape index (κ3) is 2.16. The van der Waals surface area contributed by atoms with Crippen LogP contribution in [0.4, 0.5) is 0 Å². The van der Waals surface area contributed by atoms with Crippen molar-refractivity contribution in [2.24, 2.45) is 0 Å². The normalized spacial score (nSPS) is 11.1. The fraction of sp³-hybridized carbons (Fsp3) is 0. The van der Waals surface area contributed by atoms with Gasteiger partial charge in [0.25, 0.3) is 0 Å². The Hall–Kier alpha value is 0.340. The van der Waals surface area contributed by atoms with Crippen LogP contribution in [0.5, 0.6) is 0 Å². The lowest BCUT2D eigenvalue weighted by Crippen LogP contribution is -1.72. The van der Waals surface area contributed by atoms with Crippen LogP contribution in [0.1, 0.15) is 0 Å². The highest BCUT2D eigenvalue weighted by molar-refractivity contribution is 14.1. The third-order valence-electron chi connectivity index (χ3n) is 2.31. The predicted octanol–water partition coefficient (Wildman–Crippen LogP) is 5.84. The standard InChI is InChI=1S/C12H6I2S2/c13-8-3-1-7(2-4-8)9-5-10-11(15-9)6-12(14)16-10/h1-6H. The van der Waals surface area contributed by atoms with Gasteiger partial charge in [0, 0.05) is 17.8 Å². The number of fused-ring (bicyclic) bond motifs is 1. The molecule has 0 bridgehead atoms. The molecule has 0 radical (unpaired) electrons. The molecule has 3 rings (SSSR count). The summed E-state index contributed by atoms with van der Waals surface area (Å²) < 4.78 is 5.47. The zero-order valence-electron chi connectivity index (χ0n) is 8.04. The maximum atomic E-state index is 2.38. The molecular formula is C12H6I2S2. The van der Waals surface area contributed by atoms with Crippen LogP contribution >= 0.6 is 67.9 Å². The molecule has 80 valence electrons. The lowest BCUT2D eigenvalue weighted by Gasteiger charge is -1.96. The van der Waals surface area contributed by atoms with Gasteiger partial charge in [-0.3, -0.25) is 0 Å². The maximum Gasteiger partial charge on any atom is 0.0674 e. The minimum Gasteiger partial charge on any atom is -0.134 e. The van der Waals surface area contributed by atoms with Crippen LogP contribution in [-0.4, -0.2) is 0 Å². The van der Waals surface area contributed by atoms with E-state index in [2.05, 4.69) is 81.6 Å². The Bertz CT molecular complexity index is 603. The van der Waals surface area contributed by atoms with Crippen LogP contribution in [0.25, 0.3) is 19.8 Å². The Morgan fingerprint density at radius 3 is 2.19 bits per heavy atom. The number of rotatable bonds is 1. The van der Waals surface area contributed by atoms with Gasteiger partial charge in [-0.15, -0.1) is 22.7 Å². The molecule has 0 saturated carbocycles. The highest BCUT2D eigenvalue weighted by Gasteiger charge is 2.06. The van der Waals surface area contributed by atoms with Gasteiger partial charge in [0.2, 0.25) is 0 Å². The van der Waals surface area contributed by atoms with E-state index >= 15 is 0 Å². The molecule has 0 saturated heterocycles. The van der Waals surface area contributed by atoms with Crippen molar-refractivity contribution in [1.29, 1.82) is 0 Å². The van der Waals surface area contributed by atoms with E-state index in [0.29, 0.717) is 0 Å². The largest absolute Gasteiger partial charge is 0.134 e. The molecule has 1 aromatic carbocycles. The fourth-order valence-electron chi connectivity index (χ4n) is 1.56. The van der Waals surface area contributed by atoms with Crippen LogP contribution in [-0.2, 0) is 0 Å². The average Bonchev–Trinajstić information content (AvgIpc) is 2.75. The quantitative estimate of drug-likeness (QED) is 0.394. The van der Waals surface area contributed by atoms with Crippen LogP contribution in [0.3, 0.4) is 0 Å². The summed E-state index contributed by atoms with van der Waals surface area (Å²) in [7, 11) is 0. The first-order chi connectivity index (χ1) is 7.72. The highest BCUT2D eigenvalue weighted by atomic mass is 127. The smallest absolute Gasteiger partial charge is 0.0674 e. The van der Waals surface area contributed by atoms with E-state index in [9.17, 15) is 0 Å². The van der Waals surface area contributed by atoms with Crippen LogP contribution < -0.4 is 0 Å². The van der Waals surface area contributed by atoms with Gasteiger partial charge in [-0.05, 0) is 75.0 Å². The van der Waals surface area contributed by atoms with Gasteiger partial charge in [0.1, 0.15) is 0 Å². The minimum absolute atomic E-state index is 1.29. The SMILES string of the molecule is Ic1ccc(-c2cc3sc(I)cc3s2)cc1. The van der Waals surface area contributed by atoms with Gasteiger partial charge in [-0.25, -0.2) is 0 Å². The molecule has 16 heavy (non-hydrogen) atoms. The van der Waals surface area contributed by atoms with E-state index in [4.69, 9.17) is 0 Å². The van der Waals surface area contributed by atoms with Crippen molar-refractivity contribution in [2.45, 2.75) is 0 Å². The van der Waals surface area contributed by atoms with Crippen molar-refractivity contribution >= 4 is 77.3 Å². The Labute approximate surface area is 129 Å². The molecule has 0 N–H and O–H groups in total. The van der Waals surface area contributed by atoms with Crippen molar-refractivity contribution in [1.82, 2.24) is 0 Å². The molecule has 0 atom stereocenters. The summed E-state index contributed by atoms with van der Waals surface area (Å²) in [6.45, 7) is 0. The Balaban J connectivity index is 2.11. The molecule has 0 aliphatic heterocycles. The van der Waals surface area contributed by atoms with Crippen LogP contribution in [0.15, 0.2) is 36.4 Å². The summed E-state index contributed by atoms with van der Waals surface area (Å²) in [5.74, 6) is 0. The predicted molar refractivity (Wildman–Crippen MR) is 90.6 cm³/mol. The lowest BCUT2D eigenvalue weighted by atomic mass is 10.2. The van der Waals surface area contributed by atoms with E-state index in [1.165, 1.54) is 26.3 Å². The lowest BCUT2D eigenvalue weighted by molar-refractivity contribution is 1.65. The molecule has 0 fully saturated rings. The Kier molecular flexibility index (Phi) is 3.25. The first-order valence-electron chi connectivity index (χ1n) is 4.67. The van der Waals surface area contributed by atoms with Gasteiger partial charge >= 0.3 is 0 Å². The molecule has 0 aliphatic carbocycles. The van der Waals surface area contributed by atoms with E-state index in [1.807, 2.05) is 22.7 Å².